The fourth-order valence-electron chi connectivity index (χ4n) is 2.25. The molecule has 0 unspecified atom stereocenters. The number of benzene rings is 1. The Balaban J connectivity index is 2.45. The van der Waals surface area contributed by atoms with Gasteiger partial charge in [-0.1, -0.05) is 0 Å². The van der Waals surface area contributed by atoms with Crippen molar-refractivity contribution in [1.29, 1.82) is 0 Å². The summed E-state index contributed by atoms with van der Waals surface area (Å²) in [7, 11) is 0. The molecule has 102 valence electrons. The number of aryl methyl sites for hydroxylation is 2. The Hall–Kier alpha value is -1.90. The standard InChI is InChI=1S/C16H21NO2/c1-5-18-15-10-9-14(11-16(15)19-6-2)17-12(3)7-8-13(17)4/h7-11H,5-6H2,1-4H3. The summed E-state index contributed by atoms with van der Waals surface area (Å²) in [5, 5.41) is 0. The first kappa shape index (κ1) is 13.5. The molecule has 0 aliphatic rings. The van der Waals surface area contributed by atoms with Gasteiger partial charge in [0.25, 0.3) is 0 Å². The van der Waals surface area contributed by atoms with Crippen LogP contribution in [0, 0.1) is 13.8 Å². The third-order valence-electron chi connectivity index (χ3n) is 3.06. The SMILES string of the molecule is CCOc1ccc(-n2c(C)ccc2C)cc1OCC. The quantitative estimate of drug-likeness (QED) is 0.813. The van der Waals surface area contributed by atoms with Crippen LogP contribution in [-0.4, -0.2) is 17.8 Å². The Morgan fingerprint density at radius 2 is 1.42 bits per heavy atom. The van der Waals surface area contributed by atoms with Crippen LogP contribution in [0.15, 0.2) is 30.3 Å². The molecule has 0 aliphatic heterocycles. The van der Waals surface area contributed by atoms with E-state index in [1.165, 1.54) is 11.4 Å². The zero-order valence-electron chi connectivity index (χ0n) is 12.1. The molecular weight excluding hydrogens is 238 g/mol. The van der Waals surface area contributed by atoms with E-state index in [1.807, 2.05) is 26.0 Å². The number of ether oxygens (including phenoxy) is 2. The fourth-order valence-corrected chi connectivity index (χ4v) is 2.25. The Morgan fingerprint density at radius 3 is 2.00 bits per heavy atom. The van der Waals surface area contributed by atoms with Gasteiger partial charge in [-0.25, -0.2) is 0 Å². The summed E-state index contributed by atoms with van der Waals surface area (Å²) in [5.74, 6) is 1.60. The molecule has 0 spiro atoms. The van der Waals surface area contributed by atoms with Gasteiger partial charge in [0.1, 0.15) is 0 Å². The lowest BCUT2D eigenvalue weighted by Crippen LogP contribution is -2.02. The van der Waals surface area contributed by atoms with Gasteiger partial charge in [0.2, 0.25) is 0 Å². The van der Waals surface area contributed by atoms with E-state index in [4.69, 9.17) is 9.47 Å². The molecule has 3 heteroatoms. The van der Waals surface area contributed by atoms with Crippen molar-refractivity contribution in [2.75, 3.05) is 13.2 Å². The molecule has 0 N–H and O–H groups in total. The van der Waals surface area contributed by atoms with E-state index in [2.05, 4.69) is 36.6 Å². The summed E-state index contributed by atoms with van der Waals surface area (Å²) in [4.78, 5) is 0. The van der Waals surface area contributed by atoms with Crippen LogP contribution in [0.1, 0.15) is 25.2 Å². The third kappa shape index (κ3) is 2.75. The van der Waals surface area contributed by atoms with Crippen molar-refractivity contribution < 1.29 is 9.47 Å². The first-order valence-electron chi connectivity index (χ1n) is 6.72. The van der Waals surface area contributed by atoms with Gasteiger partial charge in [-0.3, -0.25) is 0 Å². The molecule has 2 aromatic rings. The minimum Gasteiger partial charge on any atom is -0.490 e. The van der Waals surface area contributed by atoms with Gasteiger partial charge in [-0.2, -0.15) is 0 Å². The molecule has 3 nitrogen and oxygen atoms in total. The van der Waals surface area contributed by atoms with E-state index in [-0.39, 0.29) is 0 Å². The zero-order chi connectivity index (χ0) is 13.8. The first-order chi connectivity index (χ1) is 9.17. The van der Waals surface area contributed by atoms with Crippen molar-refractivity contribution in [2.24, 2.45) is 0 Å². The normalized spacial score (nSPS) is 10.5. The Morgan fingerprint density at radius 1 is 0.842 bits per heavy atom. The molecule has 1 aromatic heterocycles. The fraction of sp³-hybridized carbons (Fsp3) is 0.375. The lowest BCUT2D eigenvalue weighted by Gasteiger charge is -2.15. The minimum absolute atomic E-state index is 0.632. The predicted octanol–water partition coefficient (Wildman–Crippen LogP) is 3.89. The summed E-state index contributed by atoms with van der Waals surface area (Å²) in [5.41, 5.74) is 3.53. The largest absolute Gasteiger partial charge is 0.490 e. The van der Waals surface area contributed by atoms with Crippen LogP contribution in [0.25, 0.3) is 5.69 Å². The van der Waals surface area contributed by atoms with Crippen molar-refractivity contribution in [3.05, 3.63) is 41.7 Å². The molecule has 0 fully saturated rings. The molecule has 1 heterocycles. The van der Waals surface area contributed by atoms with Gasteiger partial charge < -0.3 is 14.0 Å². The number of aromatic nitrogens is 1. The molecule has 0 atom stereocenters. The van der Waals surface area contributed by atoms with E-state index < -0.39 is 0 Å². The van der Waals surface area contributed by atoms with Gasteiger partial charge in [0.05, 0.1) is 13.2 Å². The van der Waals surface area contributed by atoms with Crippen LogP contribution in [0.3, 0.4) is 0 Å². The molecule has 1 aromatic carbocycles. The Kier molecular flexibility index (Phi) is 4.15. The number of hydrogen-bond acceptors (Lipinski definition) is 2. The maximum Gasteiger partial charge on any atom is 0.163 e. The second-order valence-corrected chi connectivity index (χ2v) is 4.45. The molecule has 0 aliphatic carbocycles. The van der Waals surface area contributed by atoms with Gasteiger partial charge in [-0.05, 0) is 52.0 Å². The van der Waals surface area contributed by atoms with Crippen LogP contribution < -0.4 is 9.47 Å². The predicted molar refractivity (Wildman–Crippen MR) is 77.6 cm³/mol. The average Bonchev–Trinajstić information content (AvgIpc) is 2.72. The van der Waals surface area contributed by atoms with Crippen molar-refractivity contribution in [2.45, 2.75) is 27.7 Å². The van der Waals surface area contributed by atoms with Crippen LogP contribution in [0.5, 0.6) is 11.5 Å². The Bertz CT molecular complexity index is 538. The summed E-state index contributed by atoms with van der Waals surface area (Å²) < 4.78 is 13.5. The highest BCUT2D eigenvalue weighted by Crippen LogP contribution is 2.31. The lowest BCUT2D eigenvalue weighted by atomic mass is 10.2. The molecule has 0 bridgehead atoms. The summed E-state index contributed by atoms with van der Waals surface area (Å²) >= 11 is 0. The molecule has 0 amide bonds. The highest BCUT2D eigenvalue weighted by molar-refractivity contribution is 5.50. The summed E-state index contributed by atoms with van der Waals surface area (Å²) in [6.07, 6.45) is 0. The highest BCUT2D eigenvalue weighted by Gasteiger charge is 2.09. The van der Waals surface area contributed by atoms with Crippen LogP contribution in [0.2, 0.25) is 0 Å². The molecule has 0 radical (unpaired) electrons. The van der Waals surface area contributed by atoms with E-state index >= 15 is 0 Å². The van der Waals surface area contributed by atoms with Gasteiger partial charge in [0.15, 0.2) is 11.5 Å². The Labute approximate surface area is 114 Å². The molecule has 2 rings (SSSR count). The highest BCUT2D eigenvalue weighted by atomic mass is 16.5. The molecular formula is C16H21NO2. The van der Waals surface area contributed by atoms with Gasteiger partial charge >= 0.3 is 0 Å². The molecule has 0 saturated heterocycles. The minimum atomic E-state index is 0.632. The van der Waals surface area contributed by atoms with Crippen LogP contribution in [-0.2, 0) is 0 Å². The van der Waals surface area contributed by atoms with Crippen LogP contribution in [0.4, 0.5) is 0 Å². The van der Waals surface area contributed by atoms with Crippen molar-refractivity contribution in [3.63, 3.8) is 0 Å². The summed E-state index contributed by atoms with van der Waals surface area (Å²) in [6.45, 7) is 9.43. The molecule has 19 heavy (non-hydrogen) atoms. The monoisotopic (exact) mass is 259 g/mol. The third-order valence-corrected chi connectivity index (χ3v) is 3.06. The van der Waals surface area contributed by atoms with Gasteiger partial charge in [0, 0.05) is 23.1 Å². The summed E-state index contributed by atoms with van der Waals surface area (Å²) in [6, 6.07) is 10.3. The van der Waals surface area contributed by atoms with E-state index in [9.17, 15) is 0 Å². The number of rotatable bonds is 5. The zero-order valence-corrected chi connectivity index (χ0v) is 12.1. The van der Waals surface area contributed by atoms with Crippen molar-refractivity contribution >= 4 is 0 Å². The topological polar surface area (TPSA) is 23.4 Å². The number of nitrogens with zero attached hydrogens (tertiary/aromatic N) is 1. The maximum absolute atomic E-state index is 5.67. The second kappa shape index (κ2) is 5.83. The number of hydrogen-bond donors (Lipinski definition) is 0. The first-order valence-corrected chi connectivity index (χ1v) is 6.72. The average molecular weight is 259 g/mol. The smallest absolute Gasteiger partial charge is 0.163 e. The van der Waals surface area contributed by atoms with Crippen molar-refractivity contribution in [3.8, 4) is 17.2 Å². The molecule has 0 saturated carbocycles. The van der Waals surface area contributed by atoms with Crippen molar-refractivity contribution in [1.82, 2.24) is 4.57 Å². The maximum atomic E-state index is 5.67. The van der Waals surface area contributed by atoms with E-state index in [1.54, 1.807) is 0 Å². The van der Waals surface area contributed by atoms with Crippen LogP contribution >= 0.6 is 0 Å². The van der Waals surface area contributed by atoms with Gasteiger partial charge in [-0.15, -0.1) is 0 Å². The van der Waals surface area contributed by atoms with E-state index in [0.29, 0.717) is 13.2 Å². The second-order valence-electron chi connectivity index (χ2n) is 4.45. The van der Waals surface area contributed by atoms with E-state index in [0.717, 1.165) is 17.2 Å². The lowest BCUT2D eigenvalue weighted by molar-refractivity contribution is 0.287.